The Hall–Kier alpha value is -1.40. The highest BCUT2D eigenvalue weighted by Crippen LogP contribution is 2.32. The zero-order valence-corrected chi connectivity index (χ0v) is 19.0. The van der Waals surface area contributed by atoms with Gasteiger partial charge in [-0.1, -0.05) is 12.7 Å². The van der Waals surface area contributed by atoms with E-state index in [1.54, 1.807) is 18.2 Å². The molecule has 1 heterocycles. The molecule has 1 aliphatic heterocycles. The number of benzene rings is 2. The van der Waals surface area contributed by atoms with Crippen molar-refractivity contribution in [2.45, 2.75) is 0 Å². The van der Waals surface area contributed by atoms with Gasteiger partial charge in [-0.05, 0) is 105 Å². The molecule has 0 aliphatic carbocycles. The largest absolute Gasteiger partial charge is 0.487 e. The van der Waals surface area contributed by atoms with E-state index in [-0.39, 0.29) is 11.7 Å². The van der Waals surface area contributed by atoms with Crippen LogP contribution in [-0.4, -0.2) is 17.7 Å². The van der Waals surface area contributed by atoms with Gasteiger partial charge in [-0.25, -0.2) is 9.38 Å². The van der Waals surface area contributed by atoms with Crippen LogP contribution in [0.25, 0.3) is 6.08 Å². The lowest BCUT2D eigenvalue weighted by molar-refractivity contribution is -0.115. The number of carbonyl (C=O) groups is 1. The number of rotatable bonds is 5. The Labute approximate surface area is 187 Å². The maximum absolute atomic E-state index is 13.0. The van der Waals surface area contributed by atoms with E-state index in [4.69, 9.17) is 4.74 Å². The Morgan fingerprint density at radius 1 is 1.22 bits per heavy atom. The van der Waals surface area contributed by atoms with Crippen LogP contribution in [0.1, 0.15) is 5.56 Å². The van der Waals surface area contributed by atoms with E-state index in [0.717, 1.165) is 18.5 Å². The number of thioether (sulfide) groups is 1. The first-order chi connectivity index (χ1) is 13.0. The summed E-state index contributed by atoms with van der Waals surface area (Å²) < 4.78 is 20.6. The molecular weight excluding hydrogens is 593 g/mol. The van der Waals surface area contributed by atoms with E-state index < -0.39 is 0 Å². The minimum atomic E-state index is -0.327. The summed E-state index contributed by atoms with van der Waals surface area (Å²) in [6.45, 7) is 4.09. The fourth-order valence-electron chi connectivity index (χ4n) is 2.21. The number of aliphatic imine (C=N–C) groups is 1. The minimum Gasteiger partial charge on any atom is -0.487 e. The maximum Gasteiger partial charge on any atom is 0.264 e. The van der Waals surface area contributed by atoms with Crippen LogP contribution in [0.5, 0.6) is 5.75 Å². The van der Waals surface area contributed by atoms with E-state index in [0.29, 0.717) is 22.4 Å². The molecule has 0 unspecified atom stereocenters. The smallest absolute Gasteiger partial charge is 0.264 e. The number of hydrogen-bond acceptors (Lipinski definition) is 4. The highest BCUT2D eigenvalue weighted by atomic mass is 127. The van der Waals surface area contributed by atoms with Gasteiger partial charge in [0.25, 0.3) is 5.91 Å². The van der Waals surface area contributed by atoms with Crippen molar-refractivity contribution >= 4 is 79.8 Å². The monoisotopic (exact) mass is 606 g/mol. The number of carbonyl (C=O) groups excluding carboxylic acids is 1. The number of ether oxygens (including phenoxy) is 1. The summed E-state index contributed by atoms with van der Waals surface area (Å²) in [5, 5.41) is 3.19. The predicted molar refractivity (Wildman–Crippen MR) is 125 cm³/mol. The third kappa shape index (κ3) is 5.32. The predicted octanol–water partition coefficient (Wildman–Crippen LogP) is 5.49. The van der Waals surface area contributed by atoms with E-state index in [1.807, 2.05) is 18.2 Å². The number of nitrogens with one attached hydrogen (secondary N) is 1. The van der Waals surface area contributed by atoms with Crippen molar-refractivity contribution < 1.29 is 13.9 Å². The van der Waals surface area contributed by atoms with Crippen molar-refractivity contribution in [1.29, 1.82) is 0 Å². The number of nitrogens with zero attached hydrogens (tertiary/aromatic N) is 1. The molecule has 138 valence electrons. The normalized spacial score (nSPS) is 16.6. The summed E-state index contributed by atoms with van der Waals surface area (Å²) in [6, 6.07) is 9.69. The van der Waals surface area contributed by atoms with E-state index >= 15 is 0 Å². The van der Waals surface area contributed by atoms with Crippen molar-refractivity contribution in [3.8, 4) is 5.75 Å². The zero-order chi connectivity index (χ0) is 19.4. The van der Waals surface area contributed by atoms with Crippen molar-refractivity contribution in [2.75, 3.05) is 6.61 Å². The Bertz CT molecular complexity index is 936. The van der Waals surface area contributed by atoms with Gasteiger partial charge in [-0.3, -0.25) is 4.79 Å². The Morgan fingerprint density at radius 3 is 2.52 bits per heavy atom. The molecule has 0 aromatic heterocycles. The molecule has 1 saturated heterocycles. The standard InChI is InChI=1S/C19H13FI2N2O2S/c1-2-7-26-17-14(21)8-11(9-15(17)22)10-16-18(25)24-19(27-16)23-13-5-3-12(20)4-6-13/h2-6,8-10H,1,7H2,(H,23,24,25)/b16-10+. The van der Waals surface area contributed by atoms with Crippen LogP contribution in [0.3, 0.4) is 0 Å². The molecule has 2 aromatic carbocycles. The average Bonchev–Trinajstić information content (AvgIpc) is 2.95. The van der Waals surface area contributed by atoms with Gasteiger partial charge in [0.1, 0.15) is 18.2 Å². The molecule has 1 N–H and O–H groups in total. The second kappa shape index (κ2) is 9.20. The topological polar surface area (TPSA) is 50.7 Å². The van der Waals surface area contributed by atoms with Crippen molar-refractivity contribution in [3.63, 3.8) is 0 Å². The van der Waals surface area contributed by atoms with E-state index in [1.165, 1.54) is 23.9 Å². The summed E-state index contributed by atoms with van der Waals surface area (Å²) in [5.41, 5.74) is 1.48. The lowest BCUT2D eigenvalue weighted by atomic mass is 10.2. The zero-order valence-electron chi connectivity index (χ0n) is 13.8. The molecule has 1 fully saturated rings. The fourth-order valence-corrected chi connectivity index (χ4v) is 5.18. The third-order valence-electron chi connectivity index (χ3n) is 3.37. The third-order valence-corrected chi connectivity index (χ3v) is 5.88. The number of hydrogen-bond donors (Lipinski definition) is 1. The molecule has 8 heteroatoms. The van der Waals surface area contributed by atoms with Crippen LogP contribution in [0, 0.1) is 13.0 Å². The molecule has 0 bridgehead atoms. The van der Waals surface area contributed by atoms with Gasteiger partial charge < -0.3 is 10.1 Å². The fraction of sp³-hybridized carbons (Fsp3) is 0.0526. The lowest BCUT2D eigenvalue weighted by Crippen LogP contribution is -2.19. The molecule has 4 nitrogen and oxygen atoms in total. The SMILES string of the molecule is C=CCOc1c(I)cc(/C=C2/SC(=Nc3ccc(F)cc3)NC2=O)cc1I. The molecular formula is C19H13FI2N2O2S. The molecule has 1 amide bonds. The molecule has 27 heavy (non-hydrogen) atoms. The Morgan fingerprint density at radius 2 is 1.89 bits per heavy atom. The van der Waals surface area contributed by atoms with Gasteiger partial charge in [-0.2, -0.15) is 0 Å². The van der Waals surface area contributed by atoms with Crippen molar-refractivity contribution in [3.05, 3.63) is 72.5 Å². The van der Waals surface area contributed by atoms with Crippen LogP contribution < -0.4 is 10.1 Å². The second-order valence-corrected chi connectivity index (χ2v) is 8.73. The van der Waals surface area contributed by atoms with Crippen LogP contribution >= 0.6 is 56.9 Å². The number of amidine groups is 1. The van der Waals surface area contributed by atoms with Gasteiger partial charge in [0, 0.05) is 0 Å². The van der Waals surface area contributed by atoms with Gasteiger partial charge in [0.2, 0.25) is 0 Å². The molecule has 0 atom stereocenters. The second-order valence-electron chi connectivity index (χ2n) is 5.37. The van der Waals surface area contributed by atoms with Gasteiger partial charge in [0.05, 0.1) is 17.7 Å². The molecule has 0 spiro atoms. The first-order valence-electron chi connectivity index (χ1n) is 7.74. The van der Waals surface area contributed by atoms with Crippen molar-refractivity contribution in [2.24, 2.45) is 4.99 Å². The highest BCUT2D eigenvalue weighted by Gasteiger charge is 2.24. The first kappa shape index (κ1) is 20.3. The Balaban J connectivity index is 1.82. The number of amides is 1. The Kier molecular flexibility index (Phi) is 6.93. The van der Waals surface area contributed by atoms with E-state index in [2.05, 4.69) is 62.1 Å². The van der Waals surface area contributed by atoms with E-state index in [9.17, 15) is 9.18 Å². The molecule has 0 saturated carbocycles. The molecule has 3 rings (SSSR count). The summed E-state index contributed by atoms with van der Waals surface area (Å²) in [5.74, 6) is 0.269. The lowest BCUT2D eigenvalue weighted by Gasteiger charge is -2.09. The van der Waals surface area contributed by atoms with Crippen LogP contribution in [0.15, 0.2) is 59.0 Å². The minimum absolute atomic E-state index is 0.210. The molecule has 0 radical (unpaired) electrons. The first-order valence-corrected chi connectivity index (χ1v) is 10.7. The van der Waals surface area contributed by atoms with Crippen LogP contribution in [-0.2, 0) is 4.79 Å². The quantitative estimate of drug-likeness (QED) is 0.279. The summed E-state index contributed by atoms with van der Waals surface area (Å²) in [4.78, 5) is 17.1. The van der Waals surface area contributed by atoms with Gasteiger partial charge in [-0.15, -0.1) is 0 Å². The summed E-state index contributed by atoms with van der Waals surface area (Å²) in [7, 11) is 0. The average molecular weight is 606 g/mol. The summed E-state index contributed by atoms with van der Waals surface area (Å²) in [6.07, 6.45) is 3.51. The number of halogens is 3. The summed E-state index contributed by atoms with van der Waals surface area (Å²) >= 11 is 5.67. The van der Waals surface area contributed by atoms with Crippen LogP contribution in [0.4, 0.5) is 10.1 Å². The van der Waals surface area contributed by atoms with Crippen LogP contribution in [0.2, 0.25) is 0 Å². The van der Waals surface area contributed by atoms with Gasteiger partial charge >= 0.3 is 0 Å². The molecule has 1 aliphatic rings. The van der Waals surface area contributed by atoms with Crippen molar-refractivity contribution in [1.82, 2.24) is 5.32 Å². The van der Waals surface area contributed by atoms with Gasteiger partial charge in [0.15, 0.2) is 5.17 Å². The molecule has 2 aromatic rings. The highest BCUT2D eigenvalue weighted by molar-refractivity contribution is 14.1. The maximum atomic E-state index is 13.0.